The van der Waals surface area contributed by atoms with Crippen LogP contribution in [0.15, 0.2) is 0 Å². The van der Waals surface area contributed by atoms with Gasteiger partial charge in [-0.1, -0.05) is 0 Å². The molecule has 0 bridgehead atoms. The van der Waals surface area contributed by atoms with Crippen molar-refractivity contribution in [2.45, 2.75) is 33.3 Å². The van der Waals surface area contributed by atoms with Gasteiger partial charge in [-0.05, 0) is 27.7 Å². The molecule has 0 aliphatic carbocycles. The highest BCUT2D eigenvalue weighted by Crippen LogP contribution is 2.11. The Hall–Kier alpha value is -0.810. The van der Waals surface area contributed by atoms with Gasteiger partial charge in [0.05, 0.1) is 0 Å². The molecule has 1 aliphatic rings. The van der Waals surface area contributed by atoms with E-state index in [1.165, 1.54) is 0 Å². The monoisotopic (exact) mass is 229 g/mol. The minimum atomic E-state index is -0.432. The first-order chi connectivity index (χ1) is 7.44. The first-order valence-electron chi connectivity index (χ1n) is 5.90. The second-order valence-corrected chi connectivity index (χ2v) is 4.90. The van der Waals surface area contributed by atoms with E-state index in [2.05, 4.69) is 5.32 Å². The lowest BCUT2D eigenvalue weighted by molar-refractivity contribution is -0.0531. The van der Waals surface area contributed by atoms with E-state index in [1.54, 1.807) is 5.01 Å². The Morgan fingerprint density at radius 2 is 1.94 bits per heavy atom. The van der Waals surface area contributed by atoms with Crippen LogP contribution in [0.25, 0.3) is 0 Å². The average Bonchev–Trinajstić information content (AvgIpc) is 2.17. The molecule has 1 aliphatic heterocycles. The number of ether oxygens (including phenoxy) is 1. The highest BCUT2D eigenvalue weighted by Gasteiger charge is 2.26. The first-order valence-corrected chi connectivity index (χ1v) is 5.90. The number of hydrazine groups is 1. The third-order valence-electron chi connectivity index (χ3n) is 2.34. The Labute approximate surface area is 97.7 Å². The summed E-state index contributed by atoms with van der Waals surface area (Å²) in [4.78, 5) is 11.9. The molecule has 1 amide bonds. The summed E-state index contributed by atoms with van der Waals surface area (Å²) in [7, 11) is 0. The highest BCUT2D eigenvalue weighted by molar-refractivity contribution is 5.67. The van der Waals surface area contributed by atoms with Crippen LogP contribution in [0, 0.1) is 0 Å². The van der Waals surface area contributed by atoms with E-state index in [-0.39, 0.29) is 6.09 Å². The van der Waals surface area contributed by atoms with Crippen LogP contribution in [0.1, 0.15) is 27.7 Å². The second kappa shape index (κ2) is 5.50. The first kappa shape index (κ1) is 13.3. The van der Waals surface area contributed by atoms with Gasteiger partial charge in [-0.3, -0.25) is 0 Å². The van der Waals surface area contributed by atoms with Crippen LogP contribution in [0.3, 0.4) is 0 Å². The van der Waals surface area contributed by atoms with Gasteiger partial charge in [0.2, 0.25) is 0 Å². The predicted octanol–water partition coefficient (Wildman–Crippen LogP) is 1.06. The molecule has 1 N–H and O–H groups in total. The maximum atomic E-state index is 11.9. The molecule has 16 heavy (non-hydrogen) atoms. The fraction of sp³-hybridized carbons (Fsp3) is 0.909. The van der Waals surface area contributed by atoms with E-state index in [0.29, 0.717) is 6.54 Å². The van der Waals surface area contributed by atoms with Crippen LogP contribution in [-0.4, -0.2) is 54.4 Å². The molecule has 1 saturated heterocycles. The number of carbonyl (C=O) groups excluding carboxylic acids is 1. The Balaban J connectivity index is 2.55. The van der Waals surface area contributed by atoms with Gasteiger partial charge in [-0.25, -0.2) is 14.8 Å². The van der Waals surface area contributed by atoms with Gasteiger partial charge in [0.1, 0.15) is 5.60 Å². The van der Waals surface area contributed by atoms with Crippen molar-refractivity contribution in [3.05, 3.63) is 0 Å². The van der Waals surface area contributed by atoms with Crippen LogP contribution < -0.4 is 5.32 Å². The van der Waals surface area contributed by atoms with E-state index in [0.717, 1.165) is 26.2 Å². The minimum absolute atomic E-state index is 0.253. The minimum Gasteiger partial charge on any atom is -0.443 e. The van der Waals surface area contributed by atoms with E-state index >= 15 is 0 Å². The summed E-state index contributed by atoms with van der Waals surface area (Å²) in [6.45, 7) is 11.8. The molecule has 0 spiro atoms. The van der Waals surface area contributed by atoms with Crippen molar-refractivity contribution in [1.82, 2.24) is 15.3 Å². The van der Waals surface area contributed by atoms with Crippen molar-refractivity contribution in [1.29, 1.82) is 0 Å². The number of nitrogens with zero attached hydrogens (tertiary/aromatic N) is 2. The summed E-state index contributed by atoms with van der Waals surface area (Å²) in [6.07, 6.45) is -0.253. The zero-order valence-electron chi connectivity index (χ0n) is 10.7. The fourth-order valence-corrected chi connectivity index (χ4v) is 1.65. The average molecular weight is 229 g/mol. The summed E-state index contributed by atoms with van der Waals surface area (Å²) < 4.78 is 5.37. The zero-order valence-corrected chi connectivity index (χ0v) is 10.7. The zero-order chi connectivity index (χ0) is 12.2. The fourth-order valence-electron chi connectivity index (χ4n) is 1.65. The normalized spacial score (nSPS) is 18.2. The number of hydrogen-bond donors (Lipinski definition) is 1. The van der Waals surface area contributed by atoms with E-state index < -0.39 is 5.60 Å². The number of carbonyl (C=O) groups is 1. The molecule has 1 heterocycles. The van der Waals surface area contributed by atoms with Crippen LogP contribution in [0.4, 0.5) is 4.79 Å². The summed E-state index contributed by atoms with van der Waals surface area (Å²) in [6, 6.07) is 0. The molecule has 1 rings (SSSR count). The number of hydrogen-bond acceptors (Lipinski definition) is 4. The lowest BCUT2D eigenvalue weighted by Crippen LogP contribution is -2.55. The van der Waals surface area contributed by atoms with Crippen molar-refractivity contribution in [3.8, 4) is 0 Å². The lowest BCUT2D eigenvalue weighted by Gasteiger charge is -2.37. The number of amides is 1. The molecule has 0 saturated carbocycles. The van der Waals surface area contributed by atoms with Gasteiger partial charge in [0.15, 0.2) is 0 Å². The van der Waals surface area contributed by atoms with Crippen molar-refractivity contribution >= 4 is 6.09 Å². The summed E-state index contributed by atoms with van der Waals surface area (Å²) in [5.41, 5.74) is -0.432. The number of piperazine rings is 1. The van der Waals surface area contributed by atoms with Gasteiger partial charge in [0, 0.05) is 32.7 Å². The maximum absolute atomic E-state index is 11.9. The second-order valence-electron chi connectivity index (χ2n) is 4.90. The Morgan fingerprint density at radius 3 is 2.38 bits per heavy atom. The van der Waals surface area contributed by atoms with Gasteiger partial charge in [-0.15, -0.1) is 0 Å². The molecule has 0 radical (unpaired) electrons. The van der Waals surface area contributed by atoms with Gasteiger partial charge in [0.25, 0.3) is 0 Å². The summed E-state index contributed by atoms with van der Waals surface area (Å²) in [5.74, 6) is 0. The summed E-state index contributed by atoms with van der Waals surface area (Å²) in [5, 5.41) is 6.99. The number of rotatable bonds is 2. The largest absolute Gasteiger partial charge is 0.443 e. The third kappa shape index (κ3) is 3.98. The number of nitrogens with one attached hydrogen (secondary N) is 1. The van der Waals surface area contributed by atoms with Gasteiger partial charge >= 0.3 is 6.09 Å². The molecular formula is C11H23N3O2. The van der Waals surface area contributed by atoms with Crippen molar-refractivity contribution < 1.29 is 9.53 Å². The molecule has 5 nitrogen and oxygen atoms in total. The van der Waals surface area contributed by atoms with Crippen molar-refractivity contribution in [3.63, 3.8) is 0 Å². The Kier molecular flexibility index (Phi) is 4.56. The SMILES string of the molecule is CCN(C(=O)OC(C)(C)C)N1CCNCC1. The van der Waals surface area contributed by atoms with E-state index in [1.807, 2.05) is 32.7 Å². The van der Waals surface area contributed by atoms with Crippen LogP contribution in [-0.2, 0) is 4.74 Å². The Morgan fingerprint density at radius 1 is 1.38 bits per heavy atom. The van der Waals surface area contributed by atoms with Crippen molar-refractivity contribution in [2.24, 2.45) is 0 Å². The Bertz CT molecular complexity index is 232. The predicted molar refractivity (Wildman–Crippen MR) is 63.1 cm³/mol. The third-order valence-corrected chi connectivity index (χ3v) is 2.34. The lowest BCUT2D eigenvalue weighted by atomic mass is 10.2. The molecular weight excluding hydrogens is 206 g/mol. The molecule has 94 valence electrons. The molecule has 0 aromatic rings. The molecule has 0 unspecified atom stereocenters. The summed E-state index contributed by atoms with van der Waals surface area (Å²) >= 11 is 0. The molecule has 5 heteroatoms. The van der Waals surface area contributed by atoms with Crippen LogP contribution in [0.5, 0.6) is 0 Å². The topological polar surface area (TPSA) is 44.8 Å². The van der Waals surface area contributed by atoms with Crippen LogP contribution in [0.2, 0.25) is 0 Å². The maximum Gasteiger partial charge on any atom is 0.424 e. The molecule has 0 aromatic carbocycles. The van der Waals surface area contributed by atoms with Gasteiger partial charge < -0.3 is 10.1 Å². The smallest absolute Gasteiger partial charge is 0.424 e. The standard InChI is InChI=1S/C11H23N3O2/c1-5-14(10(15)16-11(2,3)4)13-8-6-12-7-9-13/h12H,5-9H2,1-4H3. The molecule has 1 fully saturated rings. The van der Waals surface area contributed by atoms with E-state index in [4.69, 9.17) is 4.74 Å². The van der Waals surface area contributed by atoms with Crippen molar-refractivity contribution in [2.75, 3.05) is 32.7 Å². The van der Waals surface area contributed by atoms with Crippen LogP contribution >= 0.6 is 0 Å². The molecule has 0 atom stereocenters. The highest BCUT2D eigenvalue weighted by atomic mass is 16.6. The quantitative estimate of drug-likeness (QED) is 0.769. The molecule has 0 aromatic heterocycles. The van der Waals surface area contributed by atoms with Gasteiger partial charge in [-0.2, -0.15) is 0 Å². The van der Waals surface area contributed by atoms with E-state index in [9.17, 15) is 4.79 Å².